The molecule has 2 rings (SSSR count). The molecule has 0 amide bonds. The molecule has 0 radical (unpaired) electrons. The zero-order chi connectivity index (χ0) is 11.4. The first kappa shape index (κ1) is 10.8. The number of hydrogen-bond donors (Lipinski definition) is 2. The smallest absolute Gasteiger partial charge is 0.0624 e. The van der Waals surface area contributed by atoms with E-state index in [1.54, 1.807) is 12.4 Å². The lowest BCUT2D eigenvalue weighted by atomic mass is 9.97. The van der Waals surface area contributed by atoms with E-state index in [-0.39, 0.29) is 12.6 Å². The van der Waals surface area contributed by atoms with Gasteiger partial charge in [-0.25, -0.2) is 0 Å². The van der Waals surface area contributed by atoms with Gasteiger partial charge >= 0.3 is 0 Å². The molecular weight excluding hydrogens is 200 g/mol. The van der Waals surface area contributed by atoms with E-state index in [4.69, 9.17) is 10.8 Å². The molecule has 0 fully saturated rings. The number of aliphatic hydroxyl groups excluding tert-OH is 1. The summed E-state index contributed by atoms with van der Waals surface area (Å²) in [7, 11) is 0. The second kappa shape index (κ2) is 4.88. The van der Waals surface area contributed by atoms with Gasteiger partial charge in [-0.05, 0) is 17.2 Å². The van der Waals surface area contributed by atoms with Crippen LogP contribution in [-0.2, 0) is 0 Å². The van der Waals surface area contributed by atoms with E-state index in [2.05, 4.69) is 4.98 Å². The maximum Gasteiger partial charge on any atom is 0.0624 e. The van der Waals surface area contributed by atoms with Crippen LogP contribution >= 0.6 is 0 Å². The largest absolute Gasteiger partial charge is 0.394 e. The molecular formula is C13H14N2O. The Hall–Kier alpha value is -1.71. The van der Waals surface area contributed by atoms with Gasteiger partial charge in [-0.2, -0.15) is 0 Å². The topological polar surface area (TPSA) is 59.1 Å². The molecule has 0 saturated heterocycles. The van der Waals surface area contributed by atoms with Crippen molar-refractivity contribution in [3.05, 3.63) is 54.4 Å². The Bertz CT molecular complexity index is 456. The third-order valence-electron chi connectivity index (χ3n) is 2.53. The van der Waals surface area contributed by atoms with Gasteiger partial charge in [-0.1, -0.05) is 30.3 Å². The summed E-state index contributed by atoms with van der Waals surface area (Å²) in [4.78, 5) is 4.08. The van der Waals surface area contributed by atoms with Gasteiger partial charge in [0.2, 0.25) is 0 Å². The molecule has 0 aliphatic heterocycles. The molecule has 1 aromatic heterocycles. The summed E-state index contributed by atoms with van der Waals surface area (Å²) in [5.41, 5.74) is 8.85. The highest BCUT2D eigenvalue weighted by molar-refractivity contribution is 5.67. The number of aromatic nitrogens is 1. The highest BCUT2D eigenvalue weighted by Crippen LogP contribution is 2.26. The highest BCUT2D eigenvalue weighted by Gasteiger charge is 2.10. The molecule has 1 atom stereocenters. The molecule has 0 aliphatic carbocycles. The lowest BCUT2D eigenvalue weighted by molar-refractivity contribution is 0.268. The molecule has 0 spiro atoms. The van der Waals surface area contributed by atoms with Crippen molar-refractivity contribution in [1.29, 1.82) is 0 Å². The minimum absolute atomic E-state index is 0.0583. The summed E-state index contributed by atoms with van der Waals surface area (Å²) >= 11 is 0. The molecule has 1 heterocycles. The third kappa shape index (κ3) is 2.10. The zero-order valence-corrected chi connectivity index (χ0v) is 8.88. The summed E-state index contributed by atoms with van der Waals surface area (Å²) in [6.07, 6.45) is 3.53. The second-order valence-electron chi connectivity index (χ2n) is 3.62. The molecule has 3 N–H and O–H groups in total. The highest BCUT2D eigenvalue weighted by atomic mass is 16.3. The third-order valence-corrected chi connectivity index (χ3v) is 2.53. The van der Waals surface area contributed by atoms with Crippen LogP contribution in [0.2, 0.25) is 0 Å². The molecule has 2 aromatic rings. The minimum atomic E-state index is -0.351. The van der Waals surface area contributed by atoms with Crippen LogP contribution in [-0.4, -0.2) is 16.7 Å². The molecule has 16 heavy (non-hydrogen) atoms. The quantitative estimate of drug-likeness (QED) is 0.818. The first-order chi connectivity index (χ1) is 7.83. The predicted molar refractivity (Wildman–Crippen MR) is 63.7 cm³/mol. The van der Waals surface area contributed by atoms with Gasteiger partial charge in [0.15, 0.2) is 0 Å². The Morgan fingerprint density at radius 2 is 2.00 bits per heavy atom. The van der Waals surface area contributed by atoms with Crippen molar-refractivity contribution in [3.63, 3.8) is 0 Å². The van der Waals surface area contributed by atoms with Gasteiger partial charge in [-0.3, -0.25) is 4.98 Å². The van der Waals surface area contributed by atoms with Crippen LogP contribution in [0.1, 0.15) is 11.6 Å². The number of nitrogens with two attached hydrogens (primary N) is 1. The van der Waals surface area contributed by atoms with Crippen molar-refractivity contribution in [1.82, 2.24) is 4.98 Å². The summed E-state index contributed by atoms with van der Waals surface area (Å²) in [6.45, 7) is -0.0583. The molecule has 0 saturated carbocycles. The van der Waals surface area contributed by atoms with Gasteiger partial charge < -0.3 is 10.8 Å². The molecule has 0 unspecified atom stereocenters. The standard InChI is InChI=1S/C13H14N2O/c14-13(9-16)12-6-2-1-5-11(12)10-4-3-7-15-8-10/h1-8,13,16H,9,14H2/t13-/m0/s1. The van der Waals surface area contributed by atoms with E-state index in [0.29, 0.717) is 0 Å². The normalized spacial score (nSPS) is 12.4. The number of pyridine rings is 1. The Morgan fingerprint density at radius 3 is 2.69 bits per heavy atom. The molecule has 0 bridgehead atoms. The molecule has 82 valence electrons. The minimum Gasteiger partial charge on any atom is -0.394 e. The molecule has 1 aromatic carbocycles. The van der Waals surface area contributed by atoms with E-state index >= 15 is 0 Å². The average molecular weight is 214 g/mol. The molecule has 0 aliphatic rings. The van der Waals surface area contributed by atoms with Crippen molar-refractivity contribution >= 4 is 0 Å². The fourth-order valence-corrected chi connectivity index (χ4v) is 1.70. The number of rotatable bonds is 3. The van der Waals surface area contributed by atoms with Crippen LogP contribution in [0.5, 0.6) is 0 Å². The van der Waals surface area contributed by atoms with Crippen molar-refractivity contribution in [2.24, 2.45) is 5.73 Å². The summed E-state index contributed by atoms with van der Waals surface area (Å²) in [5, 5.41) is 9.12. The molecule has 3 nitrogen and oxygen atoms in total. The number of nitrogens with zero attached hydrogens (tertiary/aromatic N) is 1. The van der Waals surface area contributed by atoms with E-state index in [9.17, 15) is 0 Å². The maximum atomic E-state index is 9.12. The van der Waals surface area contributed by atoms with Gasteiger partial charge in [-0.15, -0.1) is 0 Å². The first-order valence-corrected chi connectivity index (χ1v) is 5.18. The van der Waals surface area contributed by atoms with Crippen LogP contribution in [0, 0.1) is 0 Å². The van der Waals surface area contributed by atoms with Gasteiger partial charge in [0.1, 0.15) is 0 Å². The first-order valence-electron chi connectivity index (χ1n) is 5.18. The van der Waals surface area contributed by atoms with Crippen LogP contribution in [0.25, 0.3) is 11.1 Å². The van der Waals surface area contributed by atoms with Crippen molar-refractivity contribution < 1.29 is 5.11 Å². The number of hydrogen-bond acceptors (Lipinski definition) is 3. The Kier molecular flexibility index (Phi) is 3.29. The monoisotopic (exact) mass is 214 g/mol. The fraction of sp³-hybridized carbons (Fsp3) is 0.154. The summed E-state index contributed by atoms with van der Waals surface area (Å²) in [6, 6.07) is 11.3. The van der Waals surface area contributed by atoms with E-state index in [0.717, 1.165) is 16.7 Å². The van der Waals surface area contributed by atoms with Crippen LogP contribution in [0.4, 0.5) is 0 Å². The van der Waals surface area contributed by atoms with Gasteiger partial charge in [0.05, 0.1) is 12.6 Å². The number of benzene rings is 1. The summed E-state index contributed by atoms with van der Waals surface area (Å²) < 4.78 is 0. The zero-order valence-electron chi connectivity index (χ0n) is 8.88. The Morgan fingerprint density at radius 1 is 1.19 bits per heavy atom. The predicted octanol–water partition coefficient (Wildman–Crippen LogP) is 1.74. The maximum absolute atomic E-state index is 9.12. The Balaban J connectivity index is 2.49. The average Bonchev–Trinajstić information content (AvgIpc) is 2.39. The lowest BCUT2D eigenvalue weighted by Crippen LogP contribution is -2.15. The summed E-state index contributed by atoms with van der Waals surface area (Å²) in [5.74, 6) is 0. The van der Waals surface area contributed by atoms with E-state index < -0.39 is 0 Å². The van der Waals surface area contributed by atoms with E-state index in [1.807, 2.05) is 36.4 Å². The fourth-order valence-electron chi connectivity index (χ4n) is 1.70. The van der Waals surface area contributed by atoms with Crippen molar-refractivity contribution in [3.8, 4) is 11.1 Å². The van der Waals surface area contributed by atoms with Crippen LogP contribution in [0.3, 0.4) is 0 Å². The van der Waals surface area contributed by atoms with Crippen LogP contribution < -0.4 is 5.73 Å². The van der Waals surface area contributed by atoms with Crippen molar-refractivity contribution in [2.75, 3.05) is 6.61 Å². The number of aliphatic hydroxyl groups is 1. The molecule has 3 heteroatoms. The van der Waals surface area contributed by atoms with Gasteiger partial charge in [0.25, 0.3) is 0 Å². The van der Waals surface area contributed by atoms with E-state index in [1.165, 1.54) is 0 Å². The Labute approximate surface area is 94.6 Å². The second-order valence-corrected chi connectivity index (χ2v) is 3.62. The van der Waals surface area contributed by atoms with Crippen LogP contribution in [0.15, 0.2) is 48.8 Å². The lowest BCUT2D eigenvalue weighted by Gasteiger charge is -2.14. The van der Waals surface area contributed by atoms with Crippen molar-refractivity contribution in [2.45, 2.75) is 6.04 Å². The SMILES string of the molecule is N[C@@H](CO)c1ccccc1-c1cccnc1. The van der Waals surface area contributed by atoms with Gasteiger partial charge in [0, 0.05) is 18.0 Å².